The highest BCUT2D eigenvalue weighted by Gasteiger charge is 1.92. The summed E-state index contributed by atoms with van der Waals surface area (Å²) in [5.74, 6) is 5.76. The van der Waals surface area contributed by atoms with Gasteiger partial charge in [0.2, 0.25) is 0 Å². The van der Waals surface area contributed by atoms with Gasteiger partial charge >= 0.3 is 0 Å². The minimum absolute atomic E-state index is 0.0444. The topological polar surface area (TPSA) is 0 Å². The Morgan fingerprint density at radius 1 is 1.56 bits per heavy atom. The van der Waals surface area contributed by atoms with Crippen molar-refractivity contribution >= 4 is 7.53 Å². The molecule has 0 aliphatic heterocycles. The van der Waals surface area contributed by atoms with Crippen LogP contribution in [0.25, 0.3) is 0 Å². The molecular weight excluding hydrogens is 127 g/mol. The van der Waals surface area contributed by atoms with Crippen LogP contribution in [0.5, 0.6) is 0 Å². The predicted octanol–water partition coefficient (Wildman–Crippen LogP) is 3.06. The summed E-state index contributed by atoms with van der Waals surface area (Å²) < 4.78 is 0. The zero-order valence-electron chi connectivity index (χ0n) is 6.02. The zero-order chi connectivity index (χ0) is 6.69. The SMILES string of the molecule is CCc1[c]p(CC)cc1. The van der Waals surface area contributed by atoms with Crippen LogP contribution in [0.3, 0.4) is 0 Å². The quantitative estimate of drug-likeness (QED) is 0.590. The van der Waals surface area contributed by atoms with Crippen molar-refractivity contribution in [2.45, 2.75) is 26.4 Å². The van der Waals surface area contributed by atoms with Crippen LogP contribution in [0.15, 0.2) is 11.9 Å². The fraction of sp³-hybridized carbons (Fsp3) is 0.500. The van der Waals surface area contributed by atoms with E-state index in [-0.39, 0.29) is 7.53 Å². The molecule has 1 unspecified atom stereocenters. The lowest BCUT2D eigenvalue weighted by atomic mass is 10.3. The van der Waals surface area contributed by atoms with Crippen molar-refractivity contribution in [3.8, 4) is 0 Å². The van der Waals surface area contributed by atoms with Gasteiger partial charge in [0.1, 0.15) is 0 Å². The fourth-order valence-electron chi connectivity index (χ4n) is 0.820. The van der Waals surface area contributed by atoms with Gasteiger partial charge in [-0.25, -0.2) is 0 Å². The molecule has 0 aromatic carbocycles. The number of rotatable bonds is 2. The first-order valence-corrected chi connectivity index (χ1v) is 5.03. The molecule has 1 radical (unpaired) electrons. The molecule has 0 aliphatic rings. The number of hydrogen-bond donors (Lipinski definition) is 0. The van der Waals surface area contributed by atoms with E-state index in [1.165, 1.54) is 11.7 Å². The van der Waals surface area contributed by atoms with Crippen LogP contribution in [0, 0.1) is 5.80 Å². The monoisotopic (exact) mass is 139 g/mol. The van der Waals surface area contributed by atoms with E-state index in [1.807, 2.05) is 0 Å². The third kappa shape index (κ3) is 1.59. The lowest BCUT2D eigenvalue weighted by Crippen LogP contribution is -1.67. The normalized spacial score (nSPS) is 12.0. The van der Waals surface area contributed by atoms with Gasteiger partial charge in [-0.2, -0.15) is 0 Å². The molecule has 9 heavy (non-hydrogen) atoms. The Bertz CT molecular complexity index is 158. The van der Waals surface area contributed by atoms with Crippen LogP contribution in [-0.2, 0) is 12.6 Å². The van der Waals surface area contributed by atoms with Crippen molar-refractivity contribution in [3.05, 3.63) is 23.2 Å². The van der Waals surface area contributed by atoms with Crippen molar-refractivity contribution in [2.24, 2.45) is 0 Å². The molecule has 0 amide bonds. The molecule has 0 saturated carbocycles. The third-order valence-corrected chi connectivity index (χ3v) is 3.23. The lowest BCUT2D eigenvalue weighted by molar-refractivity contribution is 1.15. The van der Waals surface area contributed by atoms with Gasteiger partial charge in [0, 0.05) is 5.80 Å². The van der Waals surface area contributed by atoms with Gasteiger partial charge in [-0.05, 0) is 23.9 Å². The largest absolute Gasteiger partial charge is 0.116 e. The highest BCUT2D eigenvalue weighted by atomic mass is 31.1. The van der Waals surface area contributed by atoms with E-state index in [0.29, 0.717) is 0 Å². The highest BCUT2D eigenvalue weighted by molar-refractivity contribution is 7.47. The second-order valence-electron chi connectivity index (χ2n) is 2.09. The summed E-state index contributed by atoms with van der Waals surface area (Å²) in [6.07, 6.45) is 2.41. The molecule has 1 atom stereocenters. The van der Waals surface area contributed by atoms with Crippen LogP contribution in [0.4, 0.5) is 0 Å². The predicted molar refractivity (Wildman–Crippen MR) is 43.0 cm³/mol. The average Bonchev–Trinajstić information content (AvgIpc) is 2.34. The molecule has 0 bridgehead atoms. The molecule has 1 heterocycles. The minimum Gasteiger partial charge on any atom is -0.116 e. The summed E-state index contributed by atoms with van der Waals surface area (Å²) in [6.45, 7) is 4.41. The molecule has 1 aromatic rings. The Balaban J connectivity index is 2.74. The molecule has 1 rings (SSSR count). The molecule has 0 spiro atoms. The smallest absolute Gasteiger partial charge is 0.00857 e. The second-order valence-corrected chi connectivity index (χ2v) is 4.19. The molecule has 1 heteroatoms. The molecule has 0 saturated heterocycles. The van der Waals surface area contributed by atoms with Gasteiger partial charge in [0.05, 0.1) is 0 Å². The van der Waals surface area contributed by atoms with Crippen molar-refractivity contribution < 1.29 is 0 Å². The summed E-state index contributed by atoms with van der Waals surface area (Å²) in [4.78, 5) is 0. The summed E-state index contributed by atoms with van der Waals surface area (Å²) >= 11 is 0. The highest BCUT2D eigenvalue weighted by Crippen LogP contribution is 2.28. The minimum atomic E-state index is 0.0444. The number of hydrogen-bond acceptors (Lipinski definition) is 0. The Morgan fingerprint density at radius 3 is 2.67 bits per heavy atom. The summed E-state index contributed by atoms with van der Waals surface area (Å²) in [7, 11) is 0.0444. The first kappa shape index (κ1) is 6.89. The van der Waals surface area contributed by atoms with Gasteiger partial charge in [0.15, 0.2) is 0 Å². The second kappa shape index (κ2) is 3.08. The van der Waals surface area contributed by atoms with Crippen molar-refractivity contribution in [3.63, 3.8) is 0 Å². The molecule has 0 fully saturated rings. The number of aryl methyl sites for hydroxylation is 2. The van der Waals surface area contributed by atoms with Gasteiger partial charge in [-0.15, -0.1) is 7.53 Å². The molecule has 0 N–H and O–H groups in total. The first-order valence-electron chi connectivity index (χ1n) is 3.44. The molecule has 1 aromatic heterocycles. The van der Waals surface area contributed by atoms with E-state index in [0.717, 1.165) is 6.42 Å². The molecular formula is C8H12P. The molecule has 0 aliphatic carbocycles. The van der Waals surface area contributed by atoms with Crippen LogP contribution in [-0.4, -0.2) is 0 Å². The summed E-state index contributed by atoms with van der Waals surface area (Å²) in [5.41, 5.74) is 1.41. The van der Waals surface area contributed by atoms with E-state index in [4.69, 9.17) is 0 Å². The summed E-state index contributed by atoms with van der Waals surface area (Å²) in [6, 6.07) is 2.22. The van der Waals surface area contributed by atoms with Crippen molar-refractivity contribution in [1.82, 2.24) is 0 Å². The summed E-state index contributed by atoms with van der Waals surface area (Å²) in [5, 5.41) is 0. The van der Waals surface area contributed by atoms with E-state index in [1.54, 1.807) is 0 Å². The fourth-order valence-corrected chi connectivity index (χ4v) is 2.23. The van der Waals surface area contributed by atoms with Gasteiger partial charge in [0.25, 0.3) is 0 Å². The van der Waals surface area contributed by atoms with Crippen molar-refractivity contribution in [1.29, 1.82) is 0 Å². The van der Waals surface area contributed by atoms with E-state index < -0.39 is 0 Å². The van der Waals surface area contributed by atoms with Gasteiger partial charge in [-0.1, -0.05) is 19.9 Å². The lowest BCUT2D eigenvalue weighted by Gasteiger charge is -1.84. The van der Waals surface area contributed by atoms with Gasteiger partial charge in [-0.3, -0.25) is 0 Å². The molecule has 49 valence electrons. The zero-order valence-corrected chi connectivity index (χ0v) is 6.91. The van der Waals surface area contributed by atoms with Crippen LogP contribution in [0.1, 0.15) is 19.4 Å². The first-order chi connectivity index (χ1) is 4.36. The standard InChI is InChI=1S/C8H12P/c1-3-8-5-6-9(4-2)7-8/h5-6H,3-4H2,1-2H3. The Kier molecular flexibility index (Phi) is 2.36. The van der Waals surface area contributed by atoms with Crippen LogP contribution >= 0.6 is 7.53 Å². The Hall–Kier alpha value is -0.220. The van der Waals surface area contributed by atoms with E-state index in [2.05, 4.69) is 31.5 Å². The van der Waals surface area contributed by atoms with Gasteiger partial charge < -0.3 is 0 Å². The average molecular weight is 139 g/mol. The van der Waals surface area contributed by atoms with E-state index in [9.17, 15) is 0 Å². The van der Waals surface area contributed by atoms with Crippen LogP contribution in [0.2, 0.25) is 0 Å². The molecule has 0 nitrogen and oxygen atoms in total. The Labute approximate surface area is 58.0 Å². The third-order valence-electron chi connectivity index (χ3n) is 1.46. The van der Waals surface area contributed by atoms with Crippen LogP contribution < -0.4 is 0 Å². The maximum atomic E-state index is 3.46. The van der Waals surface area contributed by atoms with E-state index >= 15 is 0 Å². The Morgan fingerprint density at radius 2 is 2.33 bits per heavy atom. The van der Waals surface area contributed by atoms with Crippen molar-refractivity contribution in [2.75, 3.05) is 0 Å². The maximum Gasteiger partial charge on any atom is 0.00857 e. The maximum absolute atomic E-state index is 3.46.